The van der Waals surface area contributed by atoms with Crippen LogP contribution in [0.3, 0.4) is 0 Å². The van der Waals surface area contributed by atoms with Crippen molar-refractivity contribution in [1.82, 2.24) is 9.97 Å². The molecule has 0 aliphatic rings. The molecule has 0 fully saturated rings. The summed E-state index contributed by atoms with van der Waals surface area (Å²) in [6, 6.07) is 20.4. The van der Waals surface area contributed by atoms with Crippen LogP contribution in [0, 0.1) is 16.7 Å². The van der Waals surface area contributed by atoms with Gasteiger partial charge in [0.05, 0.1) is 16.8 Å². The van der Waals surface area contributed by atoms with Crippen molar-refractivity contribution in [1.29, 1.82) is 10.7 Å². The molecule has 0 aliphatic heterocycles. The number of nitriles is 1. The lowest BCUT2D eigenvalue weighted by Gasteiger charge is -2.19. The number of hydrogen-bond acceptors (Lipinski definition) is 5. The first-order chi connectivity index (χ1) is 15.1. The van der Waals surface area contributed by atoms with Crippen molar-refractivity contribution in [2.24, 2.45) is 0 Å². The van der Waals surface area contributed by atoms with Crippen LogP contribution in [0.1, 0.15) is 43.0 Å². The Morgan fingerprint density at radius 3 is 2.61 bits per heavy atom. The molecule has 2 aromatic carbocycles. The van der Waals surface area contributed by atoms with Crippen LogP contribution < -0.4 is 5.32 Å². The molecule has 0 radical (unpaired) electrons. The minimum absolute atomic E-state index is 0.0255. The maximum absolute atomic E-state index is 9.71. The van der Waals surface area contributed by atoms with E-state index in [2.05, 4.69) is 40.4 Å². The van der Waals surface area contributed by atoms with Gasteiger partial charge in [0.2, 0.25) is 0 Å². The molecular weight excluding hydrogens is 382 g/mol. The lowest BCUT2D eigenvalue weighted by Crippen LogP contribution is -2.08. The summed E-state index contributed by atoms with van der Waals surface area (Å²) in [7, 11) is 0. The molecule has 0 amide bonds. The number of anilines is 1. The monoisotopic (exact) mass is 405 g/mol. The third-order valence-electron chi connectivity index (χ3n) is 5.42. The van der Waals surface area contributed by atoms with E-state index in [-0.39, 0.29) is 6.04 Å². The number of aromatic nitrogens is 2. The van der Waals surface area contributed by atoms with Crippen LogP contribution in [0.25, 0.3) is 22.0 Å². The molecule has 0 spiro atoms. The van der Waals surface area contributed by atoms with Crippen molar-refractivity contribution in [3.63, 3.8) is 0 Å². The van der Waals surface area contributed by atoms with Crippen LogP contribution >= 0.6 is 0 Å². The smallest absolute Gasteiger partial charge is 0.103 e. The number of fused-ring (bicyclic) bond motifs is 1. The highest BCUT2D eigenvalue weighted by Crippen LogP contribution is 2.32. The lowest BCUT2D eigenvalue weighted by atomic mass is 9.99. The first-order valence-corrected chi connectivity index (χ1v) is 10.3. The van der Waals surface area contributed by atoms with Gasteiger partial charge >= 0.3 is 0 Å². The molecule has 2 heterocycles. The molecule has 4 aromatic rings. The van der Waals surface area contributed by atoms with Crippen LogP contribution in [0.4, 0.5) is 5.69 Å². The van der Waals surface area contributed by atoms with Crippen LogP contribution in [-0.2, 0) is 0 Å². The summed E-state index contributed by atoms with van der Waals surface area (Å²) in [5, 5.41) is 22.2. The molecule has 4 rings (SSSR count). The zero-order chi connectivity index (χ0) is 21.8. The largest absolute Gasteiger partial charge is 0.377 e. The number of nitrogens with one attached hydrogen (secondary N) is 2. The fraction of sp³-hybridized carbons (Fsp3) is 0.154. The predicted octanol–water partition coefficient (Wildman–Crippen LogP) is 6.12. The van der Waals surface area contributed by atoms with Gasteiger partial charge in [0.15, 0.2) is 0 Å². The van der Waals surface area contributed by atoms with E-state index in [1.165, 1.54) is 0 Å². The van der Waals surface area contributed by atoms with Gasteiger partial charge in [-0.05, 0) is 42.7 Å². The van der Waals surface area contributed by atoms with Crippen LogP contribution in [0.15, 0.2) is 73.2 Å². The molecule has 31 heavy (non-hydrogen) atoms. The number of pyridine rings is 2. The molecule has 152 valence electrons. The highest BCUT2D eigenvalue weighted by Gasteiger charge is 2.14. The van der Waals surface area contributed by atoms with Gasteiger partial charge in [-0.15, -0.1) is 0 Å². The second-order valence-corrected chi connectivity index (χ2v) is 7.46. The molecule has 0 aliphatic carbocycles. The molecule has 0 saturated carbocycles. The number of rotatable bonds is 6. The van der Waals surface area contributed by atoms with Crippen molar-refractivity contribution >= 4 is 22.3 Å². The van der Waals surface area contributed by atoms with Gasteiger partial charge in [-0.25, -0.2) is 0 Å². The first-order valence-electron chi connectivity index (χ1n) is 10.3. The molecule has 1 unspecified atom stereocenters. The van der Waals surface area contributed by atoms with Gasteiger partial charge in [0.1, 0.15) is 6.07 Å². The summed E-state index contributed by atoms with van der Waals surface area (Å²) in [6.45, 7) is 4.04. The van der Waals surface area contributed by atoms with Crippen LogP contribution in [-0.4, -0.2) is 15.7 Å². The van der Waals surface area contributed by atoms with Gasteiger partial charge in [-0.3, -0.25) is 9.97 Å². The second kappa shape index (κ2) is 8.76. The lowest BCUT2D eigenvalue weighted by molar-refractivity contribution is 0.885. The predicted molar refractivity (Wildman–Crippen MR) is 125 cm³/mol. The second-order valence-electron chi connectivity index (χ2n) is 7.46. The Hall–Kier alpha value is -4.04. The normalized spacial score (nSPS) is 11.6. The Kier molecular flexibility index (Phi) is 5.72. The third-order valence-corrected chi connectivity index (χ3v) is 5.42. The van der Waals surface area contributed by atoms with Gasteiger partial charge in [0, 0.05) is 46.9 Å². The third kappa shape index (κ3) is 4.15. The molecule has 5 nitrogen and oxygen atoms in total. The maximum Gasteiger partial charge on any atom is 0.103 e. The molecular formula is C26H23N5. The SMILES string of the molecule is CCC(=N)c1cncc(-c2ccc3ncc(C#N)c(NC(C)c4ccccc4)c3c2)c1. The minimum atomic E-state index is 0.0255. The maximum atomic E-state index is 9.71. The first kappa shape index (κ1) is 20.2. The Bertz CT molecular complexity index is 1290. The van der Waals surface area contributed by atoms with E-state index in [1.54, 1.807) is 18.6 Å². The van der Waals surface area contributed by atoms with Crippen molar-refractivity contribution < 1.29 is 0 Å². The topological polar surface area (TPSA) is 85.5 Å². The van der Waals surface area contributed by atoms with Crippen molar-refractivity contribution in [2.75, 3.05) is 5.32 Å². The summed E-state index contributed by atoms with van der Waals surface area (Å²) in [5.74, 6) is 0. The van der Waals surface area contributed by atoms with Gasteiger partial charge < -0.3 is 10.7 Å². The average Bonchev–Trinajstić information content (AvgIpc) is 2.84. The Labute approximate surface area is 181 Å². The van der Waals surface area contributed by atoms with Crippen LogP contribution in [0.5, 0.6) is 0 Å². The van der Waals surface area contributed by atoms with Gasteiger partial charge in [0.25, 0.3) is 0 Å². The molecule has 1 atom stereocenters. The quantitative estimate of drug-likeness (QED) is 0.378. The molecule has 5 heteroatoms. The Morgan fingerprint density at radius 1 is 1.06 bits per heavy atom. The highest BCUT2D eigenvalue weighted by molar-refractivity contribution is 6.00. The highest BCUT2D eigenvalue weighted by atomic mass is 14.9. The molecule has 2 N–H and O–H groups in total. The number of benzene rings is 2. The van der Waals surface area contributed by atoms with E-state index < -0.39 is 0 Å². The summed E-state index contributed by atoms with van der Waals surface area (Å²) in [5.41, 5.74) is 6.52. The summed E-state index contributed by atoms with van der Waals surface area (Å²) < 4.78 is 0. The van der Waals surface area contributed by atoms with Crippen LogP contribution in [0.2, 0.25) is 0 Å². The fourth-order valence-corrected chi connectivity index (χ4v) is 3.62. The fourth-order valence-electron chi connectivity index (χ4n) is 3.62. The Balaban J connectivity index is 1.81. The standard InChI is InChI=1S/C26H23N5/c1-3-24(28)21-11-20(14-29-15-21)19-9-10-25-23(12-19)26(22(13-27)16-30-25)31-17(2)18-7-5-4-6-8-18/h4-12,14-17,28H,3H2,1-2H3,(H,30,31). The van der Waals surface area contributed by atoms with E-state index in [0.29, 0.717) is 17.7 Å². The Morgan fingerprint density at radius 2 is 1.87 bits per heavy atom. The van der Waals surface area contributed by atoms with Gasteiger partial charge in [-0.1, -0.05) is 43.3 Å². The number of hydrogen-bond donors (Lipinski definition) is 2. The van der Waals surface area contributed by atoms with E-state index in [9.17, 15) is 5.26 Å². The summed E-state index contributed by atoms with van der Waals surface area (Å²) in [4.78, 5) is 8.80. The summed E-state index contributed by atoms with van der Waals surface area (Å²) >= 11 is 0. The molecule has 2 aromatic heterocycles. The van der Waals surface area contributed by atoms with Crippen molar-refractivity contribution in [3.05, 3.63) is 89.9 Å². The minimum Gasteiger partial charge on any atom is -0.377 e. The van der Waals surface area contributed by atoms with Gasteiger partial charge in [-0.2, -0.15) is 5.26 Å². The summed E-state index contributed by atoms with van der Waals surface area (Å²) in [6.07, 6.45) is 5.80. The van der Waals surface area contributed by atoms with Crippen molar-refractivity contribution in [2.45, 2.75) is 26.3 Å². The average molecular weight is 406 g/mol. The van der Waals surface area contributed by atoms with E-state index in [1.807, 2.05) is 49.4 Å². The number of nitrogens with zero attached hydrogens (tertiary/aromatic N) is 3. The van der Waals surface area contributed by atoms with E-state index >= 15 is 0 Å². The molecule has 0 bridgehead atoms. The zero-order valence-electron chi connectivity index (χ0n) is 17.6. The van der Waals surface area contributed by atoms with Crippen molar-refractivity contribution in [3.8, 4) is 17.2 Å². The van der Waals surface area contributed by atoms with E-state index in [0.717, 1.165) is 38.8 Å². The van der Waals surface area contributed by atoms with E-state index in [4.69, 9.17) is 5.41 Å². The molecule has 0 saturated heterocycles. The zero-order valence-corrected chi connectivity index (χ0v) is 17.6.